The van der Waals surface area contributed by atoms with Crippen LogP contribution in [-0.4, -0.2) is 14.0 Å². The Bertz CT molecular complexity index is 546. The molecule has 0 bridgehead atoms. The summed E-state index contributed by atoms with van der Waals surface area (Å²) in [5.74, 6) is 0. The first-order valence-corrected chi connectivity index (χ1v) is 9.14. The molecule has 0 aliphatic heterocycles. The minimum absolute atomic E-state index is 0.250. The second-order valence-corrected chi connectivity index (χ2v) is 7.42. The molecule has 0 amide bonds. The molecule has 0 atom stereocenters. The van der Waals surface area contributed by atoms with Gasteiger partial charge < -0.3 is 5.73 Å². The summed E-state index contributed by atoms with van der Waals surface area (Å²) in [7, 11) is -3.57. The molecule has 0 heterocycles. The zero-order valence-electron chi connectivity index (χ0n) is 12.2. The maximum absolute atomic E-state index is 12.6. The van der Waals surface area contributed by atoms with Crippen LogP contribution >= 0.6 is 15.9 Å². The first-order chi connectivity index (χ1) is 9.34. The van der Waals surface area contributed by atoms with Crippen LogP contribution in [0.15, 0.2) is 27.6 Å². The maximum atomic E-state index is 12.6. The lowest BCUT2D eigenvalue weighted by Gasteiger charge is -2.31. The molecule has 0 fully saturated rings. The fourth-order valence-electron chi connectivity index (χ4n) is 2.19. The van der Waals surface area contributed by atoms with Gasteiger partial charge in [-0.15, -0.1) is 0 Å². The molecule has 0 aromatic heterocycles. The molecule has 114 valence electrons. The number of sulfonamides is 1. The van der Waals surface area contributed by atoms with Gasteiger partial charge in [0.1, 0.15) is 0 Å². The Labute approximate surface area is 130 Å². The number of nitrogens with one attached hydrogen (secondary N) is 1. The fraction of sp³-hybridized carbons (Fsp3) is 0.571. The number of hydrogen-bond acceptors (Lipinski definition) is 3. The molecule has 0 spiro atoms. The minimum atomic E-state index is -3.57. The van der Waals surface area contributed by atoms with Crippen LogP contribution in [0.25, 0.3) is 0 Å². The summed E-state index contributed by atoms with van der Waals surface area (Å²) in [6.07, 6.45) is 2.27. The van der Waals surface area contributed by atoms with Crippen molar-refractivity contribution in [3.05, 3.63) is 28.2 Å². The summed E-state index contributed by atoms with van der Waals surface area (Å²) in [6, 6.07) is 5.16. The van der Waals surface area contributed by atoms with E-state index < -0.39 is 15.6 Å². The van der Waals surface area contributed by atoms with Crippen LogP contribution in [0.3, 0.4) is 0 Å². The van der Waals surface area contributed by atoms with E-state index in [2.05, 4.69) is 20.7 Å². The Morgan fingerprint density at radius 3 is 2.20 bits per heavy atom. The van der Waals surface area contributed by atoms with Gasteiger partial charge in [-0.2, -0.15) is 0 Å². The highest BCUT2D eigenvalue weighted by Gasteiger charge is 2.31. The fourth-order valence-corrected chi connectivity index (χ4v) is 4.82. The van der Waals surface area contributed by atoms with Gasteiger partial charge in [-0.1, -0.05) is 26.8 Å². The van der Waals surface area contributed by atoms with E-state index in [1.165, 1.54) is 0 Å². The second-order valence-electron chi connectivity index (χ2n) is 4.92. The summed E-state index contributed by atoms with van der Waals surface area (Å²) in [5, 5.41) is 0. The highest BCUT2D eigenvalue weighted by atomic mass is 79.9. The molecule has 4 nitrogen and oxygen atoms in total. The summed E-state index contributed by atoms with van der Waals surface area (Å²) in [6.45, 7) is 6.32. The molecule has 0 aliphatic carbocycles. The van der Waals surface area contributed by atoms with E-state index in [0.717, 1.165) is 24.8 Å². The highest BCUT2D eigenvalue weighted by Crippen LogP contribution is 2.27. The van der Waals surface area contributed by atoms with Crippen LogP contribution < -0.4 is 10.5 Å². The zero-order valence-corrected chi connectivity index (χ0v) is 14.6. The minimum Gasteiger partial charge on any atom is -0.326 e. The number of halogens is 1. The van der Waals surface area contributed by atoms with E-state index in [0.29, 0.717) is 11.0 Å². The third-order valence-electron chi connectivity index (χ3n) is 3.90. The quantitative estimate of drug-likeness (QED) is 0.782. The average molecular weight is 363 g/mol. The van der Waals surface area contributed by atoms with Crippen molar-refractivity contribution in [3.8, 4) is 0 Å². The highest BCUT2D eigenvalue weighted by molar-refractivity contribution is 9.10. The summed E-state index contributed by atoms with van der Waals surface area (Å²) >= 11 is 3.31. The zero-order chi connectivity index (χ0) is 15.4. The van der Waals surface area contributed by atoms with Crippen molar-refractivity contribution in [1.82, 2.24) is 4.72 Å². The van der Waals surface area contributed by atoms with Crippen LogP contribution in [0.2, 0.25) is 0 Å². The Kier molecular flexibility index (Phi) is 6.19. The van der Waals surface area contributed by atoms with Crippen LogP contribution in [0.4, 0.5) is 0 Å². The van der Waals surface area contributed by atoms with Crippen LogP contribution in [0, 0.1) is 0 Å². The molecule has 0 radical (unpaired) electrons. The molecule has 0 unspecified atom stereocenters. The third-order valence-corrected chi connectivity index (χ3v) is 6.47. The Hall–Kier alpha value is -0.430. The number of rotatable bonds is 7. The molecule has 20 heavy (non-hydrogen) atoms. The maximum Gasteiger partial charge on any atom is 0.242 e. The van der Waals surface area contributed by atoms with Crippen LogP contribution in [0.5, 0.6) is 0 Å². The standard InChI is InChI=1S/C14H23BrN2O2S/c1-4-14(5-2,6-3)17-20(18,19)13-9-11(10-16)7-8-12(13)15/h7-9,17H,4-6,10,16H2,1-3H3. The summed E-state index contributed by atoms with van der Waals surface area (Å²) < 4.78 is 28.7. The molecule has 3 N–H and O–H groups in total. The number of nitrogens with two attached hydrogens (primary N) is 1. The van der Waals surface area contributed by atoms with Gasteiger partial charge >= 0.3 is 0 Å². The van der Waals surface area contributed by atoms with Gasteiger partial charge in [0, 0.05) is 16.6 Å². The predicted molar refractivity (Wildman–Crippen MR) is 86.0 cm³/mol. The molecular weight excluding hydrogens is 340 g/mol. The van der Waals surface area contributed by atoms with E-state index >= 15 is 0 Å². The molecular formula is C14H23BrN2O2S. The lowest BCUT2D eigenvalue weighted by molar-refractivity contribution is 0.341. The molecule has 0 saturated carbocycles. The summed E-state index contributed by atoms with van der Waals surface area (Å²) in [4.78, 5) is 0.250. The normalized spacial score (nSPS) is 12.7. The molecule has 6 heteroatoms. The molecule has 1 aromatic carbocycles. The van der Waals surface area contributed by atoms with Crippen molar-refractivity contribution >= 4 is 26.0 Å². The van der Waals surface area contributed by atoms with Crippen molar-refractivity contribution in [2.75, 3.05) is 0 Å². The van der Waals surface area contributed by atoms with Gasteiger partial charge in [0.2, 0.25) is 10.0 Å². The lowest BCUT2D eigenvalue weighted by atomic mass is 9.91. The van der Waals surface area contributed by atoms with Gasteiger partial charge in [-0.05, 0) is 52.9 Å². The number of benzene rings is 1. The SMILES string of the molecule is CCC(CC)(CC)NS(=O)(=O)c1cc(CN)ccc1Br. The van der Waals surface area contributed by atoms with Gasteiger partial charge in [0.25, 0.3) is 0 Å². The van der Waals surface area contributed by atoms with E-state index in [1.807, 2.05) is 26.8 Å². The smallest absolute Gasteiger partial charge is 0.242 e. The molecule has 0 saturated heterocycles. The van der Waals surface area contributed by atoms with Crippen molar-refractivity contribution in [2.24, 2.45) is 5.73 Å². The van der Waals surface area contributed by atoms with Crippen molar-refractivity contribution < 1.29 is 8.42 Å². The van der Waals surface area contributed by atoms with Gasteiger partial charge in [0.15, 0.2) is 0 Å². The second kappa shape index (κ2) is 7.02. The Morgan fingerprint density at radius 2 is 1.75 bits per heavy atom. The molecule has 1 rings (SSSR count). The van der Waals surface area contributed by atoms with Gasteiger partial charge in [-0.25, -0.2) is 13.1 Å². The van der Waals surface area contributed by atoms with E-state index in [9.17, 15) is 8.42 Å². The molecule has 0 aliphatic rings. The topological polar surface area (TPSA) is 72.2 Å². The van der Waals surface area contributed by atoms with Crippen molar-refractivity contribution in [3.63, 3.8) is 0 Å². The van der Waals surface area contributed by atoms with Crippen LogP contribution in [0.1, 0.15) is 45.6 Å². The lowest BCUT2D eigenvalue weighted by Crippen LogP contribution is -2.47. The van der Waals surface area contributed by atoms with Gasteiger partial charge in [0.05, 0.1) is 4.90 Å². The molecule has 1 aromatic rings. The van der Waals surface area contributed by atoms with Crippen molar-refractivity contribution in [1.29, 1.82) is 0 Å². The predicted octanol–water partition coefficient (Wildman–Crippen LogP) is 3.15. The van der Waals surface area contributed by atoms with Gasteiger partial charge in [-0.3, -0.25) is 0 Å². The van der Waals surface area contributed by atoms with Crippen LogP contribution in [-0.2, 0) is 16.6 Å². The van der Waals surface area contributed by atoms with E-state index in [1.54, 1.807) is 12.1 Å². The Balaban J connectivity index is 3.23. The first-order valence-electron chi connectivity index (χ1n) is 6.86. The third kappa shape index (κ3) is 3.81. The Morgan fingerprint density at radius 1 is 1.20 bits per heavy atom. The van der Waals surface area contributed by atoms with E-state index in [-0.39, 0.29) is 4.90 Å². The summed E-state index contributed by atoms with van der Waals surface area (Å²) in [5.41, 5.74) is 5.99. The monoisotopic (exact) mass is 362 g/mol. The first kappa shape index (κ1) is 17.6. The largest absolute Gasteiger partial charge is 0.326 e. The van der Waals surface area contributed by atoms with E-state index in [4.69, 9.17) is 5.73 Å². The number of hydrogen-bond donors (Lipinski definition) is 2. The average Bonchev–Trinajstić information content (AvgIpc) is 2.45. The van der Waals surface area contributed by atoms with Crippen molar-refractivity contribution in [2.45, 2.75) is 57.0 Å².